The van der Waals surface area contributed by atoms with E-state index in [2.05, 4.69) is 10.1 Å². The number of rotatable bonds is 5. The molecule has 7 nitrogen and oxygen atoms in total. The first-order valence-electron chi connectivity index (χ1n) is 8.89. The van der Waals surface area contributed by atoms with Gasteiger partial charge in [0, 0.05) is 6.42 Å². The quantitative estimate of drug-likeness (QED) is 0.485. The summed E-state index contributed by atoms with van der Waals surface area (Å²) in [6, 6.07) is 11.0. The molecule has 0 N–H and O–H groups in total. The van der Waals surface area contributed by atoms with Gasteiger partial charge in [0.05, 0.1) is 18.8 Å². The van der Waals surface area contributed by atoms with E-state index in [1.807, 2.05) is 0 Å². The van der Waals surface area contributed by atoms with Gasteiger partial charge in [0.25, 0.3) is 11.1 Å². The lowest BCUT2D eigenvalue weighted by Crippen LogP contribution is -2.28. The molecule has 30 heavy (non-hydrogen) atoms. The van der Waals surface area contributed by atoms with Crippen LogP contribution in [0.4, 0.5) is 4.39 Å². The van der Waals surface area contributed by atoms with E-state index in [9.17, 15) is 14.0 Å². The topological polar surface area (TPSA) is 82.8 Å². The van der Waals surface area contributed by atoms with E-state index in [1.165, 1.54) is 26.4 Å². The van der Waals surface area contributed by atoms with E-state index in [0.717, 1.165) is 21.4 Å². The van der Waals surface area contributed by atoms with Crippen LogP contribution >= 0.6 is 11.3 Å². The molecular weight excluding hydrogens is 409 g/mol. The van der Waals surface area contributed by atoms with Gasteiger partial charge in [-0.3, -0.25) is 9.59 Å². The summed E-state index contributed by atoms with van der Waals surface area (Å²) in [5, 5.41) is 4.23. The molecule has 4 rings (SSSR count). The minimum Gasteiger partial charge on any atom is -0.493 e. The molecule has 9 heteroatoms. The Morgan fingerprint density at radius 2 is 1.80 bits per heavy atom. The highest BCUT2D eigenvalue weighted by Gasteiger charge is 2.13. The smallest absolute Gasteiger partial charge is 0.296 e. The summed E-state index contributed by atoms with van der Waals surface area (Å²) in [6.45, 7) is 0. The molecule has 0 amide bonds. The molecule has 2 heterocycles. The Morgan fingerprint density at radius 1 is 1.07 bits per heavy atom. The SMILES string of the molecule is COc1ccc(Cc2nn3c(=O)/c(=C\c4ccc(F)cc4)sc3nc2=O)cc1OC. The van der Waals surface area contributed by atoms with Gasteiger partial charge in [-0.2, -0.15) is 14.6 Å². The van der Waals surface area contributed by atoms with E-state index in [0.29, 0.717) is 21.6 Å². The lowest BCUT2D eigenvalue weighted by atomic mass is 10.1. The van der Waals surface area contributed by atoms with Crippen molar-refractivity contribution in [2.45, 2.75) is 6.42 Å². The maximum atomic E-state index is 13.1. The van der Waals surface area contributed by atoms with Gasteiger partial charge in [-0.1, -0.05) is 29.5 Å². The third kappa shape index (κ3) is 3.79. The van der Waals surface area contributed by atoms with Crippen LogP contribution < -0.4 is 25.1 Å². The third-order valence-electron chi connectivity index (χ3n) is 4.44. The van der Waals surface area contributed by atoms with Gasteiger partial charge in [-0.15, -0.1) is 0 Å². The van der Waals surface area contributed by atoms with Crippen molar-refractivity contribution in [1.82, 2.24) is 14.6 Å². The second-order valence-corrected chi connectivity index (χ2v) is 7.40. The highest BCUT2D eigenvalue weighted by Crippen LogP contribution is 2.28. The normalized spacial score (nSPS) is 11.8. The summed E-state index contributed by atoms with van der Waals surface area (Å²) in [5.41, 5.74) is 0.677. The summed E-state index contributed by atoms with van der Waals surface area (Å²) in [5.74, 6) is 0.736. The molecule has 0 fully saturated rings. The van der Waals surface area contributed by atoms with E-state index in [4.69, 9.17) is 9.47 Å². The van der Waals surface area contributed by atoms with E-state index in [-0.39, 0.29) is 28.5 Å². The molecule has 0 aliphatic rings. The molecule has 2 aromatic carbocycles. The van der Waals surface area contributed by atoms with E-state index >= 15 is 0 Å². The first-order valence-corrected chi connectivity index (χ1v) is 9.71. The Morgan fingerprint density at radius 3 is 2.50 bits per heavy atom. The standard InChI is InChI=1S/C21H16FN3O4S/c1-28-16-8-5-13(10-17(16)29-2)9-15-19(26)23-21-25(24-15)20(27)18(30-21)11-12-3-6-14(22)7-4-12/h3-8,10-11H,9H2,1-2H3/b18-11+. The van der Waals surface area contributed by atoms with Crippen molar-refractivity contribution in [3.8, 4) is 11.5 Å². The van der Waals surface area contributed by atoms with E-state index in [1.54, 1.807) is 36.4 Å². The van der Waals surface area contributed by atoms with Crippen LogP contribution in [-0.4, -0.2) is 28.8 Å². The number of methoxy groups -OCH3 is 2. The Hall–Kier alpha value is -3.59. The van der Waals surface area contributed by atoms with Crippen LogP contribution in [-0.2, 0) is 6.42 Å². The average Bonchev–Trinajstić information content (AvgIpc) is 3.04. The van der Waals surface area contributed by atoms with Crippen molar-refractivity contribution < 1.29 is 13.9 Å². The van der Waals surface area contributed by atoms with Crippen LogP contribution in [0.15, 0.2) is 52.1 Å². The second-order valence-electron chi connectivity index (χ2n) is 6.39. The lowest BCUT2D eigenvalue weighted by molar-refractivity contribution is 0.354. The number of ether oxygens (including phenoxy) is 2. The zero-order chi connectivity index (χ0) is 21.3. The third-order valence-corrected chi connectivity index (χ3v) is 5.40. The van der Waals surface area contributed by atoms with Gasteiger partial charge >= 0.3 is 0 Å². The van der Waals surface area contributed by atoms with Gasteiger partial charge in [-0.25, -0.2) is 4.39 Å². The predicted octanol–water partition coefficient (Wildman–Crippen LogP) is 1.81. The summed E-state index contributed by atoms with van der Waals surface area (Å²) in [6.07, 6.45) is 1.79. The van der Waals surface area contributed by atoms with Crippen LogP contribution in [0.5, 0.6) is 11.5 Å². The first-order chi connectivity index (χ1) is 14.5. The highest BCUT2D eigenvalue weighted by atomic mass is 32.1. The summed E-state index contributed by atoms with van der Waals surface area (Å²) >= 11 is 1.05. The predicted molar refractivity (Wildman–Crippen MR) is 111 cm³/mol. The van der Waals surface area contributed by atoms with Crippen molar-refractivity contribution in [2.75, 3.05) is 14.2 Å². The second kappa shape index (κ2) is 8.03. The minimum absolute atomic E-state index is 0.142. The molecule has 0 aliphatic heterocycles. The molecule has 2 aromatic heterocycles. The average molecular weight is 425 g/mol. The molecule has 0 atom stereocenters. The molecule has 152 valence electrons. The monoisotopic (exact) mass is 425 g/mol. The number of thiazole rings is 1. The van der Waals surface area contributed by atoms with Crippen LogP contribution in [0.2, 0.25) is 0 Å². The number of nitrogens with zero attached hydrogens (tertiary/aromatic N) is 3. The fourth-order valence-corrected chi connectivity index (χ4v) is 3.85. The number of halogens is 1. The van der Waals surface area contributed by atoms with Gasteiger partial charge in [0.15, 0.2) is 11.5 Å². The number of hydrogen-bond acceptors (Lipinski definition) is 7. The van der Waals surface area contributed by atoms with Gasteiger partial charge in [0.2, 0.25) is 4.96 Å². The maximum Gasteiger partial charge on any atom is 0.296 e. The van der Waals surface area contributed by atoms with Crippen molar-refractivity contribution >= 4 is 22.4 Å². The summed E-state index contributed by atoms with van der Waals surface area (Å²) < 4.78 is 25.1. The van der Waals surface area contributed by atoms with Crippen molar-refractivity contribution in [2.24, 2.45) is 0 Å². The van der Waals surface area contributed by atoms with Crippen LogP contribution in [0.1, 0.15) is 16.8 Å². The highest BCUT2D eigenvalue weighted by molar-refractivity contribution is 7.15. The van der Waals surface area contributed by atoms with Crippen molar-refractivity contribution in [1.29, 1.82) is 0 Å². The Bertz CT molecular complexity index is 1400. The fourth-order valence-electron chi connectivity index (χ4n) is 2.95. The minimum atomic E-state index is -0.501. The van der Waals surface area contributed by atoms with Crippen molar-refractivity contribution in [3.05, 3.63) is 90.3 Å². The van der Waals surface area contributed by atoms with Crippen LogP contribution in [0, 0.1) is 5.82 Å². The van der Waals surface area contributed by atoms with Gasteiger partial charge in [-0.05, 0) is 41.5 Å². The molecule has 0 bridgehead atoms. The molecule has 0 unspecified atom stereocenters. The zero-order valence-corrected chi connectivity index (χ0v) is 16.9. The van der Waals surface area contributed by atoms with Gasteiger partial charge in [0.1, 0.15) is 11.5 Å². The van der Waals surface area contributed by atoms with Crippen LogP contribution in [0.25, 0.3) is 11.0 Å². The number of fused-ring (bicyclic) bond motifs is 1. The zero-order valence-electron chi connectivity index (χ0n) is 16.1. The molecule has 4 aromatic rings. The fraction of sp³-hybridized carbons (Fsp3) is 0.143. The lowest BCUT2D eigenvalue weighted by Gasteiger charge is -2.09. The molecule has 0 saturated heterocycles. The largest absolute Gasteiger partial charge is 0.493 e. The van der Waals surface area contributed by atoms with Crippen LogP contribution in [0.3, 0.4) is 0 Å². The summed E-state index contributed by atoms with van der Waals surface area (Å²) in [7, 11) is 3.06. The Labute approximate surface area is 173 Å². The number of hydrogen-bond donors (Lipinski definition) is 0. The number of benzene rings is 2. The summed E-state index contributed by atoms with van der Waals surface area (Å²) in [4.78, 5) is 29.4. The molecule has 0 radical (unpaired) electrons. The molecular formula is C21H16FN3O4S. The number of aromatic nitrogens is 3. The van der Waals surface area contributed by atoms with Crippen molar-refractivity contribution in [3.63, 3.8) is 0 Å². The first kappa shape index (κ1) is 19.7. The molecule has 0 spiro atoms. The van der Waals surface area contributed by atoms with E-state index < -0.39 is 5.56 Å². The van der Waals surface area contributed by atoms with Gasteiger partial charge < -0.3 is 9.47 Å². The maximum absolute atomic E-state index is 13.1. The Balaban J connectivity index is 1.75. The Kier molecular flexibility index (Phi) is 5.28. The molecule has 0 aliphatic carbocycles. The molecule has 0 saturated carbocycles.